The van der Waals surface area contributed by atoms with Gasteiger partial charge in [-0.25, -0.2) is 0 Å². The van der Waals surface area contributed by atoms with E-state index in [2.05, 4.69) is 5.32 Å². The molecule has 0 aliphatic heterocycles. The number of phenolic OH excluding ortho intramolecular Hbond substituents is 1. The van der Waals surface area contributed by atoms with E-state index in [-0.39, 0.29) is 24.1 Å². The highest BCUT2D eigenvalue weighted by atomic mass is 19.4. The molecule has 8 rings (SSSR count). The first-order valence-electron chi connectivity index (χ1n) is 15.8. The van der Waals surface area contributed by atoms with Crippen molar-refractivity contribution in [1.29, 1.82) is 0 Å². The van der Waals surface area contributed by atoms with Crippen molar-refractivity contribution in [3.05, 3.63) is 51.0 Å². The summed E-state index contributed by atoms with van der Waals surface area (Å²) >= 11 is 0. The molecule has 4 fully saturated rings. The van der Waals surface area contributed by atoms with Crippen molar-refractivity contribution in [3.63, 3.8) is 0 Å². The number of likely N-dealkylation sites (N-methyl/N-ethyl adjacent to an activating group) is 1. The third kappa shape index (κ3) is 4.30. The second-order valence-corrected chi connectivity index (χ2v) is 14.8. The summed E-state index contributed by atoms with van der Waals surface area (Å²) in [6, 6.07) is -0.290. The van der Waals surface area contributed by atoms with Gasteiger partial charge in [-0.1, -0.05) is 0 Å². The number of fused-ring (bicyclic) bond motifs is 3. The predicted molar refractivity (Wildman–Crippen MR) is 156 cm³/mol. The molecule has 1 amide bonds. The summed E-state index contributed by atoms with van der Waals surface area (Å²) in [6.45, 7) is -0.150. The Labute approximate surface area is 263 Å². The first-order valence-corrected chi connectivity index (χ1v) is 15.8. The number of allylic oxidation sites excluding steroid dienone is 1. The van der Waals surface area contributed by atoms with Crippen molar-refractivity contribution < 1.29 is 48.0 Å². The van der Waals surface area contributed by atoms with E-state index in [0.29, 0.717) is 17.8 Å². The van der Waals surface area contributed by atoms with Crippen LogP contribution in [-0.4, -0.2) is 74.1 Å². The zero-order chi connectivity index (χ0) is 33.2. The van der Waals surface area contributed by atoms with Gasteiger partial charge in [0.25, 0.3) is 5.91 Å². The number of aromatic hydroxyl groups is 1. The van der Waals surface area contributed by atoms with Crippen LogP contribution in [0.2, 0.25) is 0 Å². The Hall–Kier alpha value is -3.42. The fourth-order valence-corrected chi connectivity index (χ4v) is 10.5. The molecule has 7 N–H and O–H groups in total. The number of nitrogens with two attached hydrogens (primary N) is 1. The van der Waals surface area contributed by atoms with Crippen molar-refractivity contribution >= 4 is 17.5 Å². The summed E-state index contributed by atoms with van der Waals surface area (Å²) in [5.41, 5.74) is -1.49. The van der Waals surface area contributed by atoms with Crippen LogP contribution < -0.4 is 11.1 Å². The SMILES string of the molecule is CN(C)[C@@H]1C(O)=C(C(N)=O)C(=O)[C@@]2(O)C(O)=C3C(=O)c4c(O)cc(CNC56CC7CC(CC(C7)C5)C6)c(C(F)(F)F)c4C[C@H]3C[C@@H]12. The average Bonchev–Trinajstić information content (AvgIpc) is 2.92. The number of aliphatic hydroxyl groups is 3. The number of carbonyl (C=O) groups is 3. The van der Waals surface area contributed by atoms with Gasteiger partial charge in [0.15, 0.2) is 11.4 Å². The molecule has 0 aromatic heterocycles. The van der Waals surface area contributed by atoms with Gasteiger partial charge in [0.05, 0.1) is 17.2 Å². The number of hydrogen-bond acceptors (Lipinski definition) is 9. The zero-order valence-corrected chi connectivity index (χ0v) is 25.6. The maximum atomic E-state index is 14.9. The Morgan fingerprint density at radius 2 is 1.63 bits per heavy atom. The molecule has 4 bridgehead atoms. The summed E-state index contributed by atoms with van der Waals surface area (Å²) in [4.78, 5) is 40.9. The van der Waals surface area contributed by atoms with Crippen LogP contribution in [0.5, 0.6) is 5.75 Å². The van der Waals surface area contributed by atoms with Crippen molar-refractivity contribution in [3.8, 4) is 5.75 Å². The lowest BCUT2D eigenvalue weighted by Crippen LogP contribution is -2.63. The third-order valence-electron chi connectivity index (χ3n) is 11.8. The van der Waals surface area contributed by atoms with E-state index in [1.54, 1.807) is 0 Å². The van der Waals surface area contributed by atoms with Crippen LogP contribution in [0.25, 0.3) is 0 Å². The number of amides is 1. The molecule has 1 aromatic rings. The Bertz CT molecular complexity index is 1610. The number of benzene rings is 1. The first kappa shape index (κ1) is 31.2. The van der Waals surface area contributed by atoms with Gasteiger partial charge >= 0.3 is 6.18 Å². The molecule has 0 unspecified atom stereocenters. The van der Waals surface area contributed by atoms with Gasteiger partial charge in [-0.3, -0.25) is 19.3 Å². The first-order chi connectivity index (χ1) is 21.5. The standard InChI is InChI=1S/C33H38F3N3O7/c1-39(2)25-19-7-16-6-18-22(26(41)21(16)28(43)32(19,46)29(44)23(27(25)42)30(37)45)20(40)8-17(24(18)33(34,35)36)12-38-31-9-13-3-14(10-31)5-15(4-13)11-31/h8,13-16,19,25,38,40,42-43,46H,3-7,9-12H2,1-2H3,(H2,37,45)/t13?,14?,15?,16-,19-,25-,31?,32-/m0/s1. The highest BCUT2D eigenvalue weighted by Crippen LogP contribution is 2.57. The quantitative estimate of drug-likeness (QED) is 0.263. The summed E-state index contributed by atoms with van der Waals surface area (Å²) in [6.07, 6.45) is 0.582. The van der Waals surface area contributed by atoms with Gasteiger partial charge in [-0.2, -0.15) is 13.2 Å². The smallest absolute Gasteiger partial charge is 0.417 e. The predicted octanol–water partition coefficient (Wildman–Crippen LogP) is 3.20. The second-order valence-electron chi connectivity index (χ2n) is 14.8. The number of carbonyl (C=O) groups excluding carboxylic acids is 3. The number of primary amides is 1. The highest BCUT2D eigenvalue weighted by Gasteiger charge is 2.63. The number of halogens is 3. The van der Waals surface area contributed by atoms with E-state index < -0.39 is 98.7 Å². The summed E-state index contributed by atoms with van der Waals surface area (Å²) < 4.78 is 44.8. The molecule has 248 valence electrons. The molecular weight excluding hydrogens is 607 g/mol. The largest absolute Gasteiger partial charge is 0.510 e. The lowest BCUT2D eigenvalue weighted by Gasteiger charge is -2.57. The number of alkyl halides is 3. The number of nitrogens with one attached hydrogen (secondary N) is 1. The summed E-state index contributed by atoms with van der Waals surface area (Å²) in [5.74, 6) is -7.22. The van der Waals surface area contributed by atoms with Crippen LogP contribution in [0.4, 0.5) is 13.2 Å². The van der Waals surface area contributed by atoms with E-state index >= 15 is 0 Å². The Morgan fingerprint density at radius 1 is 1.04 bits per heavy atom. The van der Waals surface area contributed by atoms with E-state index in [1.165, 1.54) is 19.0 Å². The van der Waals surface area contributed by atoms with Crippen molar-refractivity contribution in [2.45, 2.75) is 81.3 Å². The average molecular weight is 646 g/mol. The van der Waals surface area contributed by atoms with Gasteiger partial charge in [-0.15, -0.1) is 0 Å². The topological polar surface area (TPSA) is 173 Å². The van der Waals surface area contributed by atoms with E-state index in [1.807, 2.05) is 0 Å². The maximum Gasteiger partial charge on any atom is 0.417 e. The fourth-order valence-electron chi connectivity index (χ4n) is 10.5. The summed E-state index contributed by atoms with van der Waals surface area (Å²) in [7, 11) is 2.96. The molecule has 0 radical (unpaired) electrons. The van der Waals surface area contributed by atoms with Crippen molar-refractivity contribution in [2.24, 2.45) is 35.3 Å². The minimum Gasteiger partial charge on any atom is -0.510 e. The molecule has 13 heteroatoms. The minimum atomic E-state index is -4.89. The number of phenols is 1. The third-order valence-corrected chi connectivity index (χ3v) is 11.8. The van der Waals surface area contributed by atoms with Crippen LogP contribution in [0.3, 0.4) is 0 Å². The van der Waals surface area contributed by atoms with Crippen LogP contribution in [0.1, 0.15) is 72.0 Å². The Kier molecular flexibility index (Phi) is 6.81. The normalized spacial score (nSPS) is 36.7. The van der Waals surface area contributed by atoms with Gasteiger partial charge in [0.2, 0.25) is 5.78 Å². The highest BCUT2D eigenvalue weighted by molar-refractivity contribution is 6.24. The van der Waals surface area contributed by atoms with E-state index in [9.17, 15) is 48.0 Å². The molecule has 1 aromatic carbocycles. The van der Waals surface area contributed by atoms with E-state index in [0.717, 1.165) is 44.6 Å². The number of Topliss-reactive ketones (excluding diaryl/α,β-unsaturated/α-hetero) is 2. The fraction of sp³-hybridized carbons (Fsp3) is 0.606. The van der Waals surface area contributed by atoms with Gasteiger partial charge < -0.3 is 31.5 Å². The van der Waals surface area contributed by atoms with Gasteiger partial charge in [0.1, 0.15) is 22.8 Å². The number of rotatable bonds is 5. The molecule has 46 heavy (non-hydrogen) atoms. The van der Waals surface area contributed by atoms with Crippen LogP contribution in [0, 0.1) is 29.6 Å². The minimum absolute atomic E-state index is 0.150. The maximum absolute atomic E-state index is 14.9. The Morgan fingerprint density at radius 3 is 2.15 bits per heavy atom. The molecule has 4 atom stereocenters. The monoisotopic (exact) mass is 645 g/mol. The molecule has 7 aliphatic rings. The zero-order valence-electron chi connectivity index (χ0n) is 25.6. The van der Waals surface area contributed by atoms with Crippen molar-refractivity contribution in [2.75, 3.05) is 14.1 Å². The number of aliphatic hydroxyl groups excluding tert-OH is 2. The number of nitrogens with zero attached hydrogens (tertiary/aromatic N) is 1. The molecule has 0 saturated heterocycles. The molecule has 7 aliphatic carbocycles. The van der Waals surface area contributed by atoms with Gasteiger partial charge in [0, 0.05) is 23.6 Å². The van der Waals surface area contributed by atoms with Crippen LogP contribution in [0.15, 0.2) is 28.7 Å². The second kappa shape index (κ2) is 10.0. The van der Waals surface area contributed by atoms with Crippen LogP contribution in [-0.2, 0) is 28.7 Å². The number of ketones is 2. The molecular formula is C33H38F3N3O7. The molecule has 0 heterocycles. The van der Waals surface area contributed by atoms with Crippen molar-refractivity contribution in [1.82, 2.24) is 10.2 Å². The van der Waals surface area contributed by atoms with Gasteiger partial charge in [-0.05, 0) is 106 Å². The lowest BCUT2D eigenvalue weighted by molar-refractivity contribution is -0.148. The molecule has 4 saturated carbocycles. The lowest BCUT2D eigenvalue weighted by atomic mass is 9.53. The summed E-state index contributed by atoms with van der Waals surface area (Å²) in [5, 5.41) is 48.6. The number of hydrogen-bond donors (Lipinski definition) is 6. The van der Waals surface area contributed by atoms with E-state index in [4.69, 9.17) is 5.73 Å². The Balaban J connectivity index is 1.31. The molecule has 10 nitrogen and oxygen atoms in total. The molecule has 0 spiro atoms. The van der Waals surface area contributed by atoms with Crippen LogP contribution >= 0.6 is 0 Å².